The lowest BCUT2D eigenvalue weighted by Gasteiger charge is -2.02. The van der Waals surface area contributed by atoms with Crippen molar-refractivity contribution in [3.05, 3.63) is 34.3 Å². The van der Waals surface area contributed by atoms with Crippen LogP contribution >= 0.6 is 15.9 Å². The van der Waals surface area contributed by atoms with Crippen LogP contribution in [0, 0.1) is 0 Å². The number of hydrogen-bond acceptors (Lipinski definition) is 3. The fourth-order valence-electron chi connectivity index (χ4n) is 1.06. The zero-order valence-corrected chi connectivity index (χ0v) is 10.2. The van der Waals surface area contributed by atoms with Gasteiger partial charge < -0.3 is 4.84 Å². The normalized spacial score (nSPS) is 11.3. The summed E-state index contributed by atoms with van der Waals surface area (Å²) < 4.78 is 0.963. The Balaban J connectivity index is 2.99. The third-order valence-corrected chi connectivity index (χ3v) is 2.26. The molecule has 3 nitrogen and oxygen atoms in total. The van der Waals surface area contributed by atoms with E-state index in [0.29, 0.717) is 12.3 Å². The van der Waals surface area contributed by atoms with Gasteiger partial charge in [-0.25, -0.2) is 0 Å². The minimum atomic E-state index is -0.106. The van der Waals surface area contributed by atoms with E-state index in [1.165, 1.54) is 6.92 Å². The lowest BCUT2D eigenvalue weighted by molar-refractivity contribution is -0.111. The average Bonchev–Trinajstić information content (AvgIpc) is 2.21. The second kappa shape index (κ2) is 5.66. The molecule has 0 saturated heterocycles. The quantitative estimate of drug-likeness (QED) is 0.623. The second-order valence-corrected chi connectivity index (χ2v) is 3.84. The summed E-state index contributed by atoms with van der Waals surface area (Å²) >= 11 is 3.33. The Kier molecular flexibility index (Phi) is 4.49. The Morgan fingerprint density at radius 2 is 2.00 bits per heavy atom. The van der Waals surface area contributed by atoms with Crippen molar-refractivity contribution in [1.82, 2.24) is 0 Å². The van der Waals surface area contributed by atoms with Gasteiger partial charge in [-0.3, -0.25) is 4.79 Å². The molecule has 0 atom stereocenters. The number of carbonyl (C=O) groups excluding carboxylic acids is 1. The van der Waals surface area contributed by atoms with Crippen molar-refractivity contribution in [3.8, 4) is 0 Å². The summed E-state index contributed by atoms with van der Waals surface area (Å²) in [5.41, 5.74) is 1.11. The van der Waals surface area contributed by atoms with Crippen LogP contribution in [0.1, 0.15) is 19.4 Å². The van der Waals surface area contributed by atoms with E-state index in [1.54, 1.807) is 0 Å². The molecular formula is C11H12BrNO2. The van der Waals surface area contributed by atoms with Crippen LogP contribution in [0.15, 0.2) is 33.9 Å². The second-order valence-electron chi connectivity index (χ2n) is 2.92. The largest absolute Gasteiger partial charge is 0.396 e. The molecule has 1 aromatic carbocycles. The monoisotopic (exact) mass is 269 g/mol. The number of halogens is 1. The molecule has 0 amide bonds. The van der Waals surface area contributed by atoms with Gasteiger partial charge in [-0.15, -0.1) is 0 Å². The van der Waals surface area contributed by atoms with E-state index >= 15 is 0 Å². The molecule has 0 aliphatic rings. The molecule has 1 rings (SSSR count). The number of nitrogens with zero attached hydrogens (tertiary/aromatic N) is 1. The zero-order chi connectivity index (χ0) is 11.3. The molecule has 0 aromatic heterocycles. The maximum atomic E-state index is 11.3. The number of carbonyl (C=O) groups is 1. The summed E-state index contributed by atoms with van der Waals surface area (Å²) in [5.74, 6) is -0.106. The zero-order valence-electron chi connectivity index (χ0n) is 8.66. The lowest BCUT2D eigenvalue weighted by Crippen LogP contribution is -2.12. The van der Waals surface area contributed by atoms with Crippen LogP contribution in [0.2, 0.25) is 0 Å². The van der Waals surface area contributed by atoms with E-state index in [-0.39, 0.29) is 5.78 Å². The third-order valence-electron chi connectivity index (χ3n) is 1.74. The van der Waals surface area contributed by atoms with Crippen LogP contribution in [-0.2, 0) is 9.63 Å². The van der Waals surface area contributed by atoms with Gasteiger partial charge in [0.2, 0.25) is 0 Å². The highest BCUT2D eigenvalue weighted by atomic mass is 79.9. The van der Waals surface area contributed by atoms with Gasteiger partial charge in [0.15, 0.2) is 11.5 Å². The Hall–Kier alpha value is -1.16. The summed E-state index contributed by atoms with van der Waals surface area (Å²) in [7, 11) is 0. The molecule has 0 radical (unpaired) electrons. The minimum Gasteiger partial charge on any atom is -0.396 e. The third kappa shape index (κ3) is 3.47. The van der Waals surface area contributed by atoms with Gasteiger partial charge in [-0.05, 0) is 19.1 Å². The molecule has 80 valence electrons. The number of benzene rings is 1. The van der Waals surface area contributed by atoms with Gasteiger partial charge in [0.25, 0.3) is 0 Å². The van der Waals surface area contributed by atoms with Crippen molar-refractivity contribution in [1.29, 1.82) is 0 Å². The summed E-state index contributed by atoms with van der Waals surface area (Å²) in [5, 5.41) is 3.79. The lowest BCUT2D eigenvalue weighted by atomic mass is 10.1. The van der Waals surface area contributed by atoms with Crippen LogP contribution in [0.4, 0.5) is 0 Å². The molecule has 0 aliphatic carbocycles. The molecule has 0 fully saturated rings. The fraction of sp³-hybridized carbons (Fsp3) is 0.273. The van der Waals surface area contributed by atoms with Gasteiger partial charge in [0.05, 0.1) is 0 Å². The standard InChI is InChI=1S/C11H12BrNO2/c1-3-15-13-11(8(2)14)9-4-6-10(12)7-5-9/h4-7H,3H2,1-2H3. The smallest absolute Gasteiger partial charge is 0.182 e. The maximum absolute atomic E-state index is 11.3. The number of rotatable bonds is 4. The highest BCUT2D eigenvalue weighted by Gasteiger charge is 2.09. The topological polar surface area (TPSA) is 38.7 Å². The van der Waals surface area contributed by atoms with Crippen molar-refractivity contribution in [2.75, 3.05) is 6.61 Å². The summed E-state index contributed by atoms with van der Waals surface area (Å²) in [6.07, 6.45) is 0. The number of Topliss-reactive ketones (excluding diaryl/α,β-unsaturated/α-hetero) is 1. The molecule has 0 spiro atoms. The van der Waals surface area contributed by atoms with E-state index < -0.39 is 0 Å². The number of hydrogen-bond donors (Lipinski definition) is 0. The molecule has 0 unspecified atom stereocenters. The molecule has 4 heteroatoms. The molecule has 0 saturated carbocycles. The maximum Gasteiger partial charge on any atom is 0.182 e. The average molecular weight is 270 g/mol. The van der Waals surface area contributed by atoms with Crippen molar-refractivity contribution >= 4 is 27.4 Å². The van der Waals surface area contributed by atoms with Crippen molar-refractivity contribution in [2.24, 2.45) is 5.16 Å². The van der Waals surface area contributed by atoms with Crippen LogP contribution < -0.4 is 0 Å². The first kappa shape index (κ1) is 11.9. The van der Waals surface area contributed by atoms with E-state index in [2.05, 4.69) is 21.1 Å². The van der Waals surface area contributed by atoms with E-state index in [4.69, 9.17) is 4.84 Å². The molecule has 0 bridgehead atoms. The highest BCUT2D eigenvalue weighted by molar-refractivity contribution is 9.10. The van der Waals surface area contributed by atoms with Crippen LogP contribution in [0.25, 0.3) is 0 Å². The van der Waals surface area contributed by atoms with Crippen LogP contribution in [-0.4, -0.2) is 18.1 Å². The molecular weight excluding hydrogens is 258 g/mol. The molecule has 0 aliphatic heterocycles. The van der Waals surface area contributed by atoms with Gasteiger partial charge in [-0.1, -0.05) is 33.2 Å². The number of ketones is 1. The van der Waals surface area contributed by atoms with Gasteiger partial charge in [-0.2, -0.15) is 0 Å². The van der Waals surface area contributed by atoms with Crippen LogP contribution in [0.3, 0.4) is 0 Å². The van der Waals surface area contributed by atoms with Crippen molar-refractivity contribution in [3.63, 3.8) is 0 Å². The van der Waals surface area contributed by atoms with Gasteiger partial charge >= 0.3 is 0 Å². The van der Waals surface area contributed by atoms with Crippen molar-refractivity contribution < 1.29 is 9.63 Å². The van der Waals surface area contributed by atoms with E-state index in [9.17, 15) is 4.79 Å². The summed E-state index contributed by atoms with van der Waals surface area (Å²) in [6, 6.07) is 7.37. The first-order chi connectivity index (χ1) is 7.15. The van der Waals surface area contributed by atoms with E-state index in [0.717, 1.165) is 10.0 Å². The van der Waals surface area contributed by atoms with Crippen molar-refractivity contribution in [2.45, 2.75) is 13.8 Å². The molecule has 15 heavy (non-hydrogen) atoms. The van der Waals surface area contributed by atoms with E-state index in [1.807, 2.05) is 31.2 Å². The van der Waals surface area contributed by atoms with Crippen LogP contribution in [0.5, 0.6) is 0 Å². The fourth-order valence-corrected chi connectivity index (χ4v) is 1.32. The summed E-state index contributed by atoms with van der Waals surface area (Å²) in [6.45, 7) is 3.75. The Bertz CT molecular complexity index is 371. The Morgan fingerprint density at radius 3 is 2.47 bits per heavy atom. The van der Waals surface area contributed by atoms with Gasteiger partial charge in [0, 0.05) is 17.0 Å². The summed E-state index contributed by atoms with van der Waals surface area (Å²) in [4.78, 5) is 16.2. The Morgan fingerprint density at radius 1 is 1.40 bits per heavy atom. The SMILES string of the molecule is CCON=C(C(C)=O)c1ccc(Br)cc1. The number of oxime groups is 1. The van der Waals surface area contributed by atoms with Gasteiger partial charge in [0.1, 0.15) is 6.61 Å². The minimum absolute atomic E-state index is 0.106. The molecule has 1 aromatic rings. The molecule has 0 N–H and O–H groups in total. The Labute approximate surface area is 97.2 Å². The highest BCUT2D eigenvalue weighted by Crippen LogP contribution is 2.11. The predicted molar refractivity (Wildman–Crippen MR) is 63.0 cm³/mol. The predicted octanol–water partition coefficient (Wildman–Crippen LogP) is 2.78. The molecule has 0 heterocycles. The first-order valence-corrected chi connectivity index (χ1v) is 5.41. The first-order valence-electron chi connectivity index (χ1n) is 4.62.